The molecule has 0 aliphatic heterocycles. The molecule has 28 heavy (non-hydrogen) atoms. The highest BCUT2D eigenvalue weighted by molar-refractivity contribution is 6.04. The maximum absolute atomic E-state index is 12.4. The summed E-state index contributed by atoms with van der Waals surface area (Å²) < 4.78 is 0. The summed E-state index contributed by atoms with van der Waals surface area (Å²) in [6, 6.07) is 23.5. The van der Waals surface area contributed by atoms with Crippen molar-refractivity contribution >= 4 is 17.6 Å². The first-order valence-electron chi connectivity index (χ1n) is 8.71. The van der Waals surface area contributed by atoms with E-state index in [1.165, 1.54) is 0 Å². The second-order valence-electron chi connectivity index (χ2n) is 6.07. The number of urea groups is 1. The molecule has 0 spiro atoms. The summed E-state index contributed by atoms with van der Waals surface area (Å²) in [5, 5.41) is 5.38. The Balaban J connectivity index is 1.66. The van der Waals surface area contributed by atoms with E-state index in [1.54, 1.807) is 24.3 Å². The van der Waals surface area contributed by atoms with Crippen molar-refractivity contribution in [2.24, 2.45) is 5.73 Å². The standard InChI is InChI=1S/C23H19N3O2/c24-23(28)25-16-19-11-13-20(14-12-19)22(27)26-21-8-4-7-18(15-21)10-9-17-5-2-1-3-6-17/h1-8,11-15H,16H2,(H,26,27)(H3,24,25,28). The predicted octanol–water partition coefficient (Wildman–Crippen LogP) is 3.51. The second kappa shape index (κ2) is 9.06. The summed E-state index contributed by atoms with van der Waals surface area (Å²) in [7, 11) is 0. The number of benzene rings is 3. The number of carbonyl (C=O) groups is 2. The maximum atomic E-state index is 12.4. The van der Waals surface area contributed by atoms with Crippen LogP contribution in [0, 0.1) is 11.8 Å². The number of nitrogens with two attached hydrogens (primary N) is 1. The third-order valence-electron chi connectivity index (χ3n) is 3.93. The second-order valence-corrected chi connectivity index (χ2v) is 6.07. The fourth-order valence-electron chi connectivity index (χ4n) is 2.51. The Morgan fingerprint density at radius 2 is 1.50 bits per heavy atom. The molecule has 5 heteroatoms. The first-order valence-corrected chi connectivity index (χ1v) is 8.71. The number of hydrogen-bond donors (Lipinski definition) is 3. The molecule has 3 aromatic carbocycles. The predicted molar refractivity (Wildman–Crippen MR) is 110 cm³/mol. The number of carbonyl (C=O) groups excluding carboxylic acids is 2. The third kappa shape index (κ3) is 5.48. The lowest BCUT2D eigenvalue weighted by Crippen LogP contribution is -2.28. The van der Waals surface area contributed by atoms with Gasteiger partial charge in [-0.05, 0) is 48.0 Å². The summed E-state index contributed by atoms with van der Waals surface area (Å²) in [5.74, 6) is 5.98. The Bertz CT molecular complexity index is 1030. The molecule has 0 unspecified atom stereocenters. The number of hydrogen-bond acceptors (Lipinski definition) is 2. The van der Waals surface area contributed by atoms with Crippen LogP contribution in [0.25, 0.3) is 0 Å². The van der Waals surface area contributed by atoms with E-state index in [-0.39, 0.29) is 5.91 Å². The van der Waals surface area contributed by atoms with E-state index in [2.05, 4.69) is 22.5 Å². The molecule has 0 aromatic heterocycles. The van der Waals surface area contributed by atoms with Crippen molar-refractivity contribution < 1.29 is 9.59 Å². The molecular weight excluding hydrogens is 350 g/mol. The molecule has 0 saturated carbocycles. The summed E-state index contributed by atoms with van der Waals surface area (Å²) in [4.78, 5) is 23.2. The molecular formula is C23H19N3O2. The van der Waals surface area contributed by atoms with Crippen LogP contribution in [0.15, 0.2) is 78.9 Å². The van der Waals surface area contributed by atoms with Crippen LogP contribution in [0.3, 0.4) is 0 Å². The summed E-state index contributed by atoms with van der Waals surface area (Å²) >= 11 is 0. The molecule has 5 nitrogen and oxygen atoms in total. The lowest BCUT2D eigenvalue weighted by atomic mass is 10.1. The van der Waals surface area contributed by atoms with E-state index in [9.17, 15) is 9.59 Å². The Morgan fingerprint density at radius 3 is 2.21 bits per heavy atom. The summed E-state index contributed by atoms with van der Waals surface area (Å²) in [6.45, 7) is 0.319. The van der Waals surface area contributed by atoms with Gasteiger partial charge in [0.15, 0.2) is 0 Å². The molecule has 0 aliphatic carbocycles. The van der Waals surface area contributed by atoms with Gasteiger partial charge in [0.05, 0.1) is 0 Å². The Hall–Kier alpha value is -4.04. The van der Waals surface area contributed by atoms with E-state index >= 15 is 0 Å². The molecule has 4 N–H and O–H groups in total. The van der Waals surface area contributed by atoms with Crippen molar-refractivity contribution in [3.8, 4) is 11.8 Å². The molecule has 0 heterocycles. The minimum Gasteiger partial charge on any atom is -0.352 e. The monoisotopic (exact) mass is 369 g/mol. The third-order valence-corrected chi connectivity index (χ3v) is 3.93. The molecule has 0 atom stereocenters. The van der Waals surface area contributed by atoms with E-state index in [0.717, 1.165) is 16.7 Å². The topological polar surface area (TPSA) is 84.2 Å². The smallest absolute Gasteiger partial charge is 0.312 e. The lowest BCUT2D eigenvalue weighted by molar-refractivity contribution is 0.102. The van der Waals surface area contributed by atoms with Crippen LogP contribution < -0.4 is 16.4 Å². The number of nitrogens with one attached hydrogen (secondary N) is 2. The molecule has 3 amide bonds. The zero-order valence-electron chi connectivity index (χ0n) is 15.1. The normalized spacial score (nSPS) is 9.71. The highest BCUT2D eigenvalue weighted by Crippen LogP contribution is 2.13. The Morgan fingerprint density at radius 1 is 0.821 bits per heavy atom. The van der Waals surface area contributed by atoms with E-state index < -0.39 is 6.03 Å². The van der Waals surface area contributed by atoms with Gasteiger partial charge < -0.3 is 16.4 Å². The largest absolute Gasteiger partial charge is 0.352 e. The Labute approximate surface area is 163 Å². The van der Waals surface area contributed by atoms with Crippen LogP contribution in [0.1, 0.15) is 27.0 Å². The van der Waals surface area contributed by atoms with Gasteiger partial charge in [-0.3, -0.25) is 4.79 Å². The summed E-state index contributed by atoms with van der Waals surface area (Å²) in [6.07, 6.45) is 0. The van der Waals surface area contributed by atoms with Gasteiger partial charge in [0, 0.05) is 28.9 Å². The highest BCUT2D eigenvalue weighted by atomic mass is 16.2. The van der Waals surface area contributed by atoms with Crippen LogP contribution >= 0.6 is 0 Å². The van der Waals surface area contributed by atoms with Crippen molar-refractivity contribution in [3.63, 3.8) is 0 Å². The molecule has 138 valence electrons. The van der Waals surface area contributed by atoms with Gasteiger partial charge in [0.1, 0.15) is 0 Å². The molecule has 3 rings (SSSR count). The molecule has 0 fully saturated rings. The van der Waals surface area contributed by atoms with Crippen LogP contribution in [-0.2, 0) is 6.54 Å². The van der Waals surface area contributed by atoms with E-state index in [0.29, 0.717) is 17.8 Å². The van der Waals surface area contributed by atoms with Crippen molar-refractivity contribution in [2.75, 3.05) is 5.32 Å². The maximum Gasteiger partial charge on any atom is 0.312 e. The highest BCUT2D eigenvalue weighted by Gasteiger charge is 2.06. The SMILES string of the molecule is NC(=O)NCc1ccc(C(=O)Nc2cccc(C#Cc3ccccc3)c2)cc1. The number of rotatable bonds is 4. The van der Waals surface area contributed by atoms with Crippen molar-refractivity contribution in [1.82, 2.24) is 5.32 Å². The molecule has 0 aliphatic rings. The fraction of sp³-hybridized carbons (Fsp3) is 0.0435. The van der Waals surface area contributed by atoms with E-state index in [4.69, 9.17) is 5.73 Å². The molecule has 0 radical (unpaired) electrons. The van der Waals surface area contributed by atoms with Gasteiger partial charge in [0.25, 0.3) is 5.91 Å². The van der Waals surface area contributed by atoms with Crippen LogP contribution in [0.2, 0.25) is 0 Å². The number of primary amides is 1. The van der Waals surface area contributed by atoms with Crippen LogP contribution in [0.4, 0.5) is 10.5 Å². The average Bonchev–Trinajstić information content (AvgIpc) is 2.72. The lowest BCUT2D eigenvalue weighted by Gasteiger charge is -2.07. The van der Waals surface area contributed by atoms with Crippen LogP contribution in [0.5, 0.6) is 0 Å². The van der Waals surface area contributed by atoms with Gasteiger partial charge in [-0.15, -0.1) is 0 Å². The van der Waals surface area contributed by atoms with Crippen molar-refractivity contribution in [1.29, 1.82) is 0 Å². The molecule has 0 saturated heterocycles. The molecule has 3 aromatic rings. The van der Waals surface area contributed by atoms with Crippen molar-refractivity contribution in [3.05, 3.63) is 101 Å². The first-order chi connectivity index (χ1) is 13.6. The van der Waals surface area contributed by atoms with Gasteiger partial charge in [-0.2, -0.15) is 0 Å². The zero-order chi connectivity index (χ0) is 19.8. The summed E-state index contributed by atoms with van der Waals surface area (Å²) in [5.41, 5.74) is 8.84. The minimum absolute atomic E-state index is 0.220. The van der Waals surface area contributed by atoms with Gasteiger partial charge in [0.2, 0.25) is 0 Å². The van der Waals surface area contributed by atoms with Crippen LogP contribution in [-0.4, -0.2) is 11.9 Å². The average molecular weight is 369 g/mol. The van der Waals surface area contributed by atoms with Gasteiger partial charge in [-0.25, -0.2) is 4.79 Å². The zero-order valence-corrected chi connectivity index (χ0v) is 15.1. The number of anilines is 1. The first kappa shape index (κ1) is 18.7. The quantitative estimate of drug-likeness (QED) is 0.615. The van der Waals surface area contributed by atoms with Gasteiger partial charge in [-0.1, -0.05) is 48.2 Å². The number of amides is 3. The van der Waals surface area contributed by atoms with Gasteiger partial charge >= 0.3 is 6.03 Å². The minimum atomic E-state index is -0.586. The fourth-order valence-corrected chi connectivity index (χ4v) is 2.51. The molecule has 0 bridgehead atoms. The van der Waals surface area contributed by atoms with E-state index in [1.807, 2.05) is 54.6 Å². The van der Waals surface area contributed by atoms with Crippen molar-refractivity contribution in [2.45, 2.75) is 6.54 Å². The Kier molecular flexibility index (Phi) is 6.06.